The van der Waals surface area contributed by atoms with E-state index >= 15 is 0 Å². The van der Waals surface area contributed by atoms with Crippen molar-refractivity contribution >= 4 is 29.1 Å². The number of hydrogen-bond donors (Lipinski definition) is 1. The van der Waals surface area contributed by atoms with Gasteiger partial charge in [-0.3, -0.25) is 9.89 Å². The fourth-order valence-corrected chi connectivity index (χ4v) is 5.47. The SMILES string of the molecule is O=C1C(Cc2c(Cl)cc(-c3ccc(F)cc3)cc2Cl)CCN1[C@@H]1CCc2[nH]ncc2C1. The van der Waals surface area contributed by atoms with Gasteiger partial charge in [0.25, 0.3) is 0 Å². The van der Waals surface area contributed by atoms with E-state index in [-0.39, 0.29) is 23.7 Å². The van der Waals surface area contributed by atoms with Gasteiger partial charge in [-0.15, -0.1) is 0 Å². The van der Waals surface area contributed by atoms with Crippen molar-refractivity contribution in [2.45, 2.75) is 38.1 Å². The van der Waals surface area contributed by atoms with Crippen molar-refractivity contribution in [3.05, 3.63) is 75.3 Å². The number of rotatable bonds is 4. The van der Waals surface area contributed by atoms with Gasteiger partial charge in [-0.25, -0.2) is 4.39 Å². The smallest absolute Gasteiger partial charge is 0.226 e. The summed E-state index contributed by atoms with van der Waals surface area (Å²) >= 11 is 13.2. The number of nitrogens with zero attached hydrogens (tertiary/aromatic N) is 2. The highest BCUT2D eigenvalue weighted by atomic mass is 35.5. The molecule has 1 amide bonds. The third-order valence-electron chi connectivity index (χ3n) is 6.55. The van der Waals surface area contributed by atoms with E-state index in [0.29, 0.717) is 16.5 Å². The summed E-state index contributed by atoms with van der Waals surface area (Å²) in [4.78, 5) is 15.2. The lowest BCUT2D eigenvalue weighted by molar-refractivity contribution is -0.133. The molecule has 31 heavy (non-hydrogen) atoms. The van der Waals surface area contributed by atoms with Gasteiger partial charge >= 0.3 is 0 Å². The minimum absolute atomic E-state index is 0.114. The minimum atomic E-state index is -0.288. The maximum absolute atomic E-state index is 13.2. The number of nitrogens with one attached hydrogen (secondary N) is 1. The van der Waals surface area contributed by atoms with Gasteiger partial charge in [-0.05, 0) is 78.6 Å². The zero-order valence-electron chi connectivity index (χ0n) is 16.9. The van der Waals surface area contributed by atoms with Gasteiger partial charge in [0.05, 0.1) is 6.20 Å². The van der Waals surface area contributed by atoms with Gasteiger partial charge in [0, 0.05) is 34.2 Å². The summed E-state index contributed by atoms with van der Waals surface area (Å²) in [6, 6.07) is 10.1. The van der Waals surface area contributed by atoms with Gasteiger partial charge in [0.2, 0.25) is 5.91 Å². The Morgan fingerprint density at radius 3 is 2.58 bits per heavy atom. The van der Waals surface area contributed by atoms with Gasteiger partial charge in [0.15, 0.2) is 0 Å². The second-order valence-corrected chi connectivity index (χ2v) is 9.23. The Bertz CT molecular complexity index is 1110. The highest BCUT2D eigenvalue weighted by Gasteiger charge is 2.37. The molecule has 5 rings (SSSR count). The average molecular weight is 458 g/mol. The zero-order valence-corrected chi connectivity index (χ0v) is 18.4. The van der Waals surface area contributed by atoms with E-state index in [2.05, 4.69) is 10.2 Å². The van der Waals surface area contributed by atoms with Crippen LogP contribution in [0.25, 0.3) is 11.1 Å². The minimum Gasteiger partial charge on any atom is -0.339 e. The fraction of sp³-hybridized carbons (Fsp3) is 0.333. The topological polar surface area (TPSA) is 49.0 Å². The van der Waals surface area contributed by atoms with Gasteiger partial charge in [0.1, 0.15) is 5.82 Å². The first kappa shape index (κ1) is 20.5. The van der Waals surface area contributed by atoms with Crippen molar-refractivity contribution in [2.24, 2.45) is 5.92 Å². The van der Waals surface area contributed by atoms with Crippen molar-refractivity contribution in [3.63, 3.8) is 0 Å². The fourth-order valence-electron chi connectivity index (χ4n) is 4.83. The molecule has 4 nitrogen and oxygen atoms in total. The molecular formula is C24H22Cl2FN3O. The van der Waals surface area contributed by atoms with E-state index in [1.807, 2.05) is 23.2 Å². The van der Waals surface area contributed by atoms with E-state index in [9.17, 15) is 9.18 Å². The van der Waals surface area contributed by atoms with Crippen LogP contribution in [0.4, 0.5) is 4.39 Å². The van der Waals surface area contributed by atoms with Gasteiger partial charge in [-0.1, -0.05) is 35.3 Å². The molecule has 0 saturated carbocycles. The molecule has 2 heterocycles. The largest absolute Gasteiger partial charge is 0.339 e. The van der Waals surface area contributed by atoms with Crippen LogP contribution in [-0.4, -0.2) is 33.6 Å². The van der Waals surface area contributed by atoms with Crippen LogP contribution in [0, 0.1) is 11.7 Å². The molecule has 1 N–H and O–H groups in total. The molecule has 0 spiro atoms. The summed E-state index contributed by atoms with van der Waals surface area (Å²) in [5.74, 6) is -0.215. The second kappa shape index (κ2) is 8.29. The maximum Gasteiger partial charge on any atom is 0.226 e. The van der Waals surface area contributed by atoms with Gasteiger partial charge < -0.3 is 4.90 Å². The number of fused-ring (bicyclic) bond motifs is 1. The van der Waals surface area contributed by atoms with Crippen molar-refractivity contribution in [3.8, 4) is 11.1 Å². The average Bonchev–Trinajstić information content (AvgIpc) is 3.37. The van der Waals surface area contributed by atoms with Crippen molar-refractivity contribution < 1.29 is 9.18 Å². The van der Waals surface area contributed by atoms with Crippen LogP contribution in [-0.2, 0) is 24.1 Å². The number of halogens is 3. The molecule has 1 unspecified atom stereocenters. The quantitative estimate of drug-likeness (QED) is 0.564. The van der Waals surface area contributed by atoms with E-state index in [1.54, 1.807) is 12.1 Å². The molecule has 2 atom stereocenters. The summed E-state index contributed by atoms with van der Waals surface area (Å²) in [6.07, 6.45) is 5.96. The lowest BCUT2D eigenvalue weighted by atomic mass is 9.92. The van der Waals surface area contributed by atoms with Gasteiger partial charge in [-0.2, -0.15) is 5.10 Å². The Morgan fingerprint density at radius 2 is 1.84 bits per heavy atom. The van der Waals surface area contributed by atoms with Crippen LogP contribution >= 0.6 is 23.2 Å². The molecule has 160 valence electrons. The monoisotopic (exact) mass is 457 g/mol. The van der Waals surface area contributed by atoms with Crippen LogP contribution in [0.5, 0.6) is 0 Å². The molecule has 1 saturated heterocycles. The summed E-state index contributed by atoms with van der Waals surface area (Å²) < 4.78 is 13.2. The van der Waals surface area contributed by atoms with E-state index in [1.165, 1.54) is 23.4 Å². The summed E-state index contributed by atoms with van der Waals surface area (Å²) in [5.41, 5.74) is 4.89. The molecule has 1 aromatic heterocycles. The Hall–Kier alpha value is -2.37. The third kappa shape index (κ3) is 3.97. The zero-order chi connectivity index (χ0) is 21.5. The van der Waals surface area contributed by atoms with E-state index in [4.69, 9.17) is 23.2 Å². The molecule has 1 aliphatic carbocycles. The summed E-state index contributed by atoms with van der Waals surface area (Å²) in [6.45, 7) is 0.768. The number of aromatic nitrogens is 2. The molecular weight excluding hydrogens is 436 g/mol. The molecule has 0 radical (unpaired) electrons. The maximum atomic E-state index is 13.2. The number of carbonyl (C=O) groups is 1. The number of hydrogen-bond acceptors (Lipinski definition) is 2. The highest BCUT2D eigenvalue weighted by Crippen LogP contribution is 2.36. The number of benzene rings is 2. The number of H-pyrrole nitrogens is 1. The molecule has 2 aromatic carbocycles. The van der Waals surface area contributed by atoms with Crippen LogP contribution in [0.1, 0.15) is 29.7 Å². The molecule has 0 bridgehead atoms. The molecule has 2 aliphatic rings. The summed E-state index contributed by atoms with van der Waals surface area (Å²) in [5, 5.41) is 8.26. The number of carbonyl (C=O) groups excluding carboxylic acids is 1. The Kier molecular flexibility index (Phi) is 5.49. The number of likely N-dealkylation sites (tertiary alicyclic amines) is 1. The predicted molar refractivity (Wildman–Crippen MR) is 120 cm³/mol. The van der Waals surface area contributed by atoms with E-state index in [0.717, 1.165) is 48.9 Å². The van der Waals surface area contributed by atoms with E-state index < -0.39 is 0 Å². The molecule has 3 aromatic rings. The standard InChI is InChI=1S/C24H22Cl2FN3O/c25-21-11-16(14-1-3-18(27)4-2-14)12-22(26)20(21)10-15-7-8-30(24(15)31)19-5-6-23-17(9-19)13-28-29-23/h1-4,11-13,15,19H,5-10H2,(H,28,29)/t15?,19-/m1/s1. The Labute approximate surface area is 190 Å². The first-order valence-corrected chi connectivity index (χ1v) is 11.3. The van der Waals surface area contributed by atoms with Crippen molar-refractivity contribution in [1.82, 2.24) is 15.1 Å². The Balaban J connectivity index is 1.31. The number of amides is 1. The van der Waals surface area contributed by atoms with Crippen LogP contribution in [0.3, 0.4) is 0 Å². The van der Waals surface area contributed by atoms with Crippen LogP contribution in [0.15, 0.2) is 42.6 Å². The highest BCUT2D eigenvalue weighted by molar-refractivity contribution is 6.36. The number of aryl methyl sites for hydroxylation is 1. The number of aromatic amines is 1. The molecule has 1 fully saturated rings. The Morgan fingerprint density at radius 1 is 1.10 bits per heavy atom. The van der Waals surface area contributed by atoms with Crippen LogP contribution in [0.2, 0.25) is 10.0 Å². The molecule has 7 heteroatoms. The second-order valence-electron chi connectivity index (χ2n) is 8.42. The lowest BCUT2D eigenvalue weighted by Gasteiger charge is -2.31. The lowest BCUT2D eigenvalue weighted by Crippen LogP contribution is -2.41. The van der Waals surface area contributed by atoms with Crippen molar-refractivity contribution in [2.75, 3.05) is 6.54 Å². The van der Waals surface area contributed by atoms with Crippen molar-refractivity contribution in [1.29, 1.82) is 0 Å². The third-order valence-corrected chi connectivity index (χ3v) is 7.23. The summed E-state index contributed by atoms with van der Waals surface area (Å²) in [7, 11) is 0. The first-order chi connectivity index (χ1) is 15.0. The first-order valence-electron chi connectivity index (χ1n) is 10.5. The van der Waals surface area contributed by atoms with Crippen LogP contribution < -0.4 is 0 Å². The molecule has 1 aliphatic heterocycles. The predicted octanol–water partition coefficient (Wildman–Crippen LogP) is 5.47. The normalized spacial score (nSPS) is 20.9.